The van der Waals surface area contributed by atoms with Crippen molar-refractivity contribution in [2.45, 2.75) is 46.0 Å². The van der Waals surface area contributed by atoms with Gasteiger partial charge in [-0.3, -0.25) is 14.4 Å². The second-order valence-electron chi connectivity index (χ2n) is 7.59. The number of ether oxygens (including phenoxy) is 1. The molecule has 3 rings (SSSR count). The summed E-state index contributed by atoms with van der Waals surface area (Å²) in [6, 6.07) is 2.58. The van der Waals surface area contributed by atoms with E-state index in [0.717, 1.165) is 19.3 Å². The smallest absolute Gasteiger partial charge is 0.265 e. The van der Waals surface area contributed by atoms with E-state index in [9.17, 15) is 18.8 Å². The largest absolute Gasteiger partial charge is 0.481 e. The maximum Gasteiger partial charge on any atom is 0.265 e. The van der Waals surface area contributed by atoms with E-state index in [-0.39, 0.29) is 29.9 Å². The maximum atomic E-state index is 14.6. The van der Waals surface area contributed by atoms with Gasteiger partial charge in [0, 0.05) is 23.8 Å². The highest BCUT2D eigenvalue weighted by molar-refractivity contribution is 6.10. The number of benzene rings is 1. The molecule has 1 aromatic rings. The monoisotopic (exact) mass is 403 g/mol. The number of amides is 3. The van der Waals surface area contributed by atoms with E-state index in [1.165, 1.54) is 12.1 Å². The van der Waals surface area contributed by atoms with Crippen molar-refractivity contribution in [1.29, 1.82) is 0 Å². The Labute approximate surface area is 169 Å². The zero-order chi connectivity index (χ0) is 21.1. The van der Waals surface area contributed by atoms with Gasteiger partial charge in [-0.15, -0.1) is 0 Å². The third kappa shape index (κ3) is 4.41. The van der Waals surface area contributed by atoms with E-state index in [2.05, 4.69) is 5.32 Å². The van der Waals surface area contributed by atoms with Gasteiger partial charge in [-0.2, -0.15) is 0 Å². The average molecular weight is 403 g/mol. The normalized spacial score (nSPS) is 17.5. The maximum absolute atomic E-state index is 14.6. The molecule has 3 amide bonds. The van der Waals surface area contributed by atoms with Crippen LogP contribution in [0.4, 0.5) is 15.8 Å². The number of primary amides is 1. The predicted molar refractivity (Wildman–Crippen MR) is 107 cm³/mol. The van der Waals surface area contributed by atoms with Gasteiger partial charge in [-0.25, -0.2) is 4.39 Å². The second kappa shape index (κ2) is 8.63. The molecule has 1 aliphatic heterocycles. The van der Waals surface area contributed by atoms with Gasteiger partial charge in [-0.05, 0) is 37.7 Å². The molecule has 3 N–H and O–H groups in total. The molecular formula is C21H26FN3O4. The molecule has 0 radical (unpaired) electrons. The van der Waals surface area contributed by atoms with Gasteiger partial charge in [0.05, 0.1) is 11.4 Å². The predicted octanol–water partition coefficient (Wildman–Crippen LogP) is 2.89. The first-order chi connectivity index (χ1) is 13.8. The van der Waals surface area contributed by atoms with Crippen molar-refractivity contribution >= 4 is 29.1 Å². The number of hydrogen-bond acceptors (Lipinski definition) is 4. The molecule has 1 heterocycles. The lowest BCUT2D eigenvalue weighted by atomic mass is 9.90. The molecule has 0 saturated carbocycles. The molecule has 0 spiro atoms. The summed E-state index contributed by atoms with van der Waals surface area (Å²) in [6.07, 6.45) is 3.28. The van der Waals surface area contributed by atoms with E-state index >= 15 is 0 Å². The Hall–Kier alpha value is -2.90. The molecule has 0 saturated heterocycles. The topological polar surface area (TPSA) is 102 Å². The minimum atomic E-state index is -0.674. The van der Waals surface area contributed by atoms with Gasteiger partial charge in [0.25, 0.3) is 11.8 Å². The van der Waals surface area contributed by atoms with Crippen LogP contribution in [-0.2, 0) is 14.4 Å². The number of halogens is 1. The number of nitrogens with two attached hydrogens (primary N) is 1. The average Bonchev–Trinajstić information content (AvgIpc) is 2.70. The Morgan fingerprint density at radius 1 is 1.28 bits per heavy atom. The summed E-state index contributed by atoms with van der Waals surface area (Å²) in [7, 11) is 0. The molecule has 0 fully saturated rings. The standard InChI is InChI=1S/C21H26FN3O4/c1-3-12(2)10-25-17-9-16(15(22)8-18(17)29-11-19(25)26)24-21(28)14-7-5-4-6-13(14)20(23)27/h8-9,12H,3-7,10-11H2,1-2H3,(H2,23,27)(H,24,28). The first kappa shape index (κ1) is 20.8. The summed E-state index contributed by atoms with van der Waals surface area (Å²) in [5, 5.41) is 2.54. The van der Waals surface area contributed by atoms with Crippen LogP contribution < -0.4 is 20.7 Å². The first-order valence-corrected chi connectivity index (χ1v) is 9.91. The Morgan fingerprint density at radius 2 is 1.97 bits per heavy atom. The van der Waals surface area contributed by atoms with E-state index in [0.29, 0.717) is 36.2 Å². The van der Waals surface area contributed by atoms with Crippen molar-refractivity contribution < 1.29 is 23.5 Å². The third-order valence-corrected chi connectivity index (χ3v) is 5.47. The molecule has 1 aromatic carbocycles. The Bertz CT molecular complexity index is 881. The van der Waals surface area contributed by atoms with E-state index in [1.807, 2.05) is 13.8 Å². The first-order valence-electron chi connectivity index (χ1n) is 9.91. The number of hydrogen-bond donors (Lipinski definition) is 2. The number of anilines is 2. The van der Waals surface area contributed by atoms with Crippen LogP contribution in [0.1, 0.15) is 46.0 Å². The Morgan fingerprint density at radius 3 is 2.62 bits per heavy atom. The van der Waals surface area contributed by atoms with Crippen LogP contribution in [-0.4, -0.2) is 30.9 Å². The highest BCUT2D eigenvalue weighted by Crippen LogP contribution is 2.37. The molecule has 1 atom stereocenters. The summed E-state index contributed by atoms with van der Waals surface area (Å²) >= 11 is 0. The van der Waals surface area contributed by atoms with Crippen molar-refractivity contribution in [3.63, 3.8) is 0 Å². The number of carbonyl (C=O) groups excluding carboxylic acids is 3. The second-order valence-corrected chi connectivity index (χ2v) is 7.59. The van der Waals surface area contributed by atoms with E-state index in [4.69, 9.17) is 10.5 Å². The molecule has 1 unspecified atom stereocenters. The minimum Gasteiger partial charge on any atom is -0.481 e. The fourth-order valence-corrected chi connectivity index (χ4v) is 3.58. The minimum absolute atomic E-state index is 0.0666. The van der Waals surface area contributed by atoms with E-state index < -0.39 is 17.6 Å². The van der Waals surface area contributed by atoms with Crippen LogP contribution in [0, 0.1) is 11.7 Å². The molecule has 29 heavy (non-hydrogen) atoms. The zero-order valence-electron chi connectivity index (χ0n) is 16.7. The molecule has 7 nitrogen and oxygen atoms in total. The number of carbonyl (C=O) groups is 3. The van der Waals surface area contributed by atoms with Gasteiger partial charge in [0.15, 0.2) is 12.4 Å². The number of rotatable bonds is 6. The van der Waals surface area contributed by atoms with Gasteiger partial charge in [-0.1, -0.05) is 20.3 Å². The fraction of sp³-hybridized carbons (Fsp3) is 0.476. The lowest BCUT2D eigenvalue weighted by molar-refractivity contribution is -0.121. The summed E-state index contributed by atoms with van der Waals surface area (Å²) < 4.78 is 20.0. The Balaban J connectivity index is 1.92. The lowest BCUT2D eigenvalue weighted by Crippen LogP contribution is -2.41. The fourth-order valence-electron chi connectivity index (χ4n) is 3.58. The SMILES string of the molecule is CCC(C)CN1C(=O)COc2cc(F)c(NC(=O)C3=C(C(N)=O)CCCC3)cc21. The van der Waals surface area contributed by atoms with Crippen LogP contribution in [0.5, 0.6) is 5.75 Å². The van der Waals surface area contributed by atoms with Crippen molar-refractivity contribution in [2.24, 2.45) is 11.7 Å². The van der Waals surface area contributed by atoms with Crippen molar-refractivity contribution in [1.82, 2.24) is 0 Å². The van der Waals surface area contributed by atoms with Gasteiger partial charge in [0.2, 0.25) is 5.91 Å². The molecule has 156 valence electrons. The highest BCUT2D eigenvalue weighted by Gasteiger charge is 2.29. The van der Waals surface area contributed by atoms with Crippen molar-refractivity contribution in [2.75, 3.05) is 23.4 Å². The lowest BCUT2D eigenvalue weighted by Gasteiger charge is -2.31. The Kier molecular flexibility index (Phi) is 6.20. The molecule has 0 aromatic heterocycles. The highest BCUT2D eigenvalue weighted by atomic mass is 19.1. The molecule has 0 bridgehead atoms. The van der Waals surface area contributed by atoms with Gasteiger partial charge < -0.3 is 20.7 Å². The summed E-state index contributed by atoms with van der Waals surface area (Å²) in [4.78, 5) is 38.3. The third-order valence-electron chi connectivity index (χ3n) is 5.47. The van der Waals surface area contributed by atoms with Crippen LogP contribution in [0.3, 0.4) is 0 Å². The summed E-state index contributed by atoms with van der Waals surface area (Å²) in [6.45, 7) is 4.38. The molecule has 2 aliphatic rings. The molecular weight excluding hydrogens is 377 g/mol. The van der Waals surface area contributed by atoms with Crippen LogP contribution >= 0.6 is 0 Å². The van der Waals surface area contributed by atoms with Crippen molar-refractivity contribution in [3.05, 3.63) is 29.1 Å². The van der Waals surface area contributed by atoms with Gasteiger partial charge >= 0.3 is 0 Å². The van der Waals surface area contributed by atoms with Crippen LogP contribution in [0.25, 0.3) is 0 Å². The molecule has 1 aliphatic carbocycles. The van der Waals surface area contributed by atoms with Crippen LogP contribution in [0.15, 0.2) is 23.3 Å². The van der Waals surface area contributed by atoms with E-state index in [1.54, 1.807) is 4.90 Å². The van der Waals surface area contributed by atoms with Gasteiger partial charge in [0.1, 0.15) is 5.75 Å². The van der Waals surface area contributed by atoms with Crippen molar-refractivity contribution in [3.8, 4) is 5.75 Å². The summed E-state index contributed by atoms with van der Waals surface area (Å²) in [5.74, 6) is -1.55. The number of nitrogens with zero attached hydrogens (tertiary/aromatic N) is 1. The zero-order valence-corrected chi connectivity index (χ0v) is 16.7. The number of nitrogens with one attached hydrogen (secondary N) is 1. The van der Waals surface area contributed by atoms with Crippen LogP contribution in [0.2, 0.25) is 0 Å². The summed E-state index contributed by atoms with van der Waals surface area (Å²) in [5.41, 5.74) is 6.34. The number of fused-ring (bicyclic) bond motifs is 1. The quantitative estimate of drug-likeness (QED) is 0.762. The molecule has 8 heteroatoms.